The van der Waals surface area contributed by atoms with Gasteiger partial charge in [0.1, 0.15) is 0 Å². The van der Waals surface area contributed by atoms with Crippen LogP contribution in [0.1, 0.15) is 0 Å². The van der Waals surface area contributed by atoms with E-state index in [1.807, 2.05) is 0 Å². The van der Waals surface area contributed by atoms with Crippen LogP contribution in [0, 0.1) is 0 Å². The molecule has 0 aliphatic carbocycles. The van der Waals surface area contributed by atoms with Crippen molar-refractivity contribution in [3.63, 3.8) is 0 Å². The smallest absolute Gasteiger partial charge is 0.412 e. The number of likely N-dealkylation sites (N-methyl/N-ethyl adjacent to an activating group) is 2. The van der Waals surface area contributed by atoms with Crippen molar-refractivity contribution in [3.05, 3.63) is 0 Å². The van der Waals surface area contributed by atoms with Gasteiger partial charge in [-0.3, -0.25) is 0 Å². The maximum Gasteiger partial charge on any atom is 2.00 e. The van der Waals surface area contributed by atoms with Gasteiger partial charge in [-0.05, 0) is 28.2 Å². The van der Waals surface area contributed by atoms with Crippen LogP contribution in [0.3, 0.4) is 0 Å². The van der Waals surface area contributed by atoms with Crippen LogP contribution in [0.2, 0.25) is 0 Å². The molecule has 0 saturated heterocycles. The fraction of sp³-hybridized carbons (Fsp3) is 1.00. The van der Waals surface area contributed by atoms with Crippen LogP contribution in [0.4, 0.5) is 0 Å². The fourth-order valence-electron chi connectivity index (χ4n) is 0.400. The van der Waals surface area contributed by atoms with E-state index in [-0.39, 0.29) is 32.0 Å². The molecule has 4 N–H and O–H groups in total. The van der Waals surface area contributed by atoms with Crippen molar-refractivity contribution in [2.75, 3.05) is 41.3 Å². The summed E-state index contributed by atoms with van der Waals surface area (Å²) in [5.41, 5.74) is 0. The molecule has 0 amide bonds. The molecule has 4 nitrogen and oxygen atoms in total. The molecule has 0 aromatic rings. The molecule has 0 bridgehead atoms. The van der Waals surface area contributed by atoms with E-state index >= 15 is 0 Å². The average molecular weight is 347 g/mol. The number of rotatable bonds is 3. The van der Waals surface area contributed by atoms with Crippen LogP contribution in [0.5, 0.6) is 0 Å². The molecule has 0 aliphatic rings. The minimum absolute atomic E-state index is 0. The van der Waals surface area contributed by atoms with Crippen LogP contribution in [-0.4, -0.2) is 62.0 Å². The van der Waals surface area contributed by atoms with E-state index in [1.165, 1.54) is 0 Å². The third kappa shape index (κ3) is 25.1. The van der Waals surface area contributed by atoms with Gasteiger partial charge in [0.15, 0.2) is 0 Å². The minimum atomic E-state index is 0. The van der Waals surface area contributed by atoms with E-state index in [0.29, 0.717) is 0 Å². The zero-order valence-electron chi connectivity index (χ0n) is 7.62. The Morgan fingerprint density at radius 2 is 0.909 bits per heavy atom. The Morgan fingerprint density at radius 1 is 0.727 bits per heavy atom. The first kappa shape index (κ1) is 22.5. The Balaban J connectivity index is -0.0000000817. The van der Waals surface area contributed by atoms with Gasteiger partial charge in [0.2, 0.25) is 0 Å². The van der Waals surface area contributed by atoms with Gasteiger partial charge in [0, 0.05) is 13.1 Å². The molecule has 0 aromatic carbocycles. The van der Waals surface area contributed by atoms with Gasteiger partial charge in [0.05, 0.1) is 0 Å². The van der Waals surface area contributed by atoms with Gasteiger partial charge in [-0.1, -0.05) is 0 Å². The quantitative estimate of drug-likeness (QED) is 0.621. The molecule has 0 atom stereocenters. The Labute approximate surface area is 83.4 Å². The molecule has 0 saturated carbocycles. The SMILES string of the molecule is CN(C)CCN(C)C.O.O.[Pt+2]. The van der Waals surface area contributed by atoms with Gasteiger partial charge in [-0.25, -0.2) is 0 Å². The predicted molar refractivity (Wildman–Crippen MR) is 44.3 cm³/mol. The monoisotopic (exact) mass is 347 g/mol. The zero-order valence-corrected chi connectivity index (χ0v) is 9.90. The standard InChI is InChI=1S/C6H16N2.2H2O.Pt/c1-7(2)5-6-8(3)4;;;/h5-6H2,1-4H3;2*1H2;/q;;;+2. The summed E-state index contributed by atoms with van der Waals surface area (Å²) in [6, 6.07) is 0. The first-order chi connectivity index (χ1) is 3.63. The second-order valence-corrected chi connectivity index (χ2v) is 2.61. The van der Waals surface area contributed by atoms with Crippen molar-refractivity contribution < 1.29 is 32.0 Å². The van der Waals surface area contributed by atoms with Crippen LogP contribution in [0.25, 0.3) is 0 Å². The largest absolute Gasteiger partial charge is 2.00 e. The van der Waals surface area contributed by atoms with E-state index in [1.54, 1.807) is 0 Å². The number of nitrogens with zero attached hydrogens (tertiary/aromatic N) is 2. The second-order valence-electron chi connectivity index (χ2n) is 2.61. The molecule has 5 heteroatoms. The first-order valence-electron chi connectivity index (χ1n) is 2.92. The molecule has 74 valence electrons. The molecule has 0 radical (unpaired) electrons. The van der Waals surface area contributed by atoms with Gasteiger partial charge in [-0.2, -0.15) is 0 Å². The van der Waals surface area contributed by atoms with Gasteiger partial charge < -0.3 is 20.8 Å². The van der Waals surface area contributed by atoms with E-state index in [0.717, 1.165) is 13.1 Å². The van der Waals surface area contributed by atoms with Gasteiger partial charge in [-0.15, -0.1) is 0 Å². The summed E-state index contributed by atoms with van der Waals surface area (Å²) in [4.78, 5) is 4.36. The summed E-state index contributed by atoms with van der Waals surface area (Å²) in [5.74, 6) is 0. The summed E-state index contributed by atoms with van der Waals surface area (Å²) in [5, 5.41) is 0. The molecule has 0 aromatic heterocycles. The predicted octanol–water partition coefficient (Wildman–Crippen LogP) is -1.54. The van der Waals surface area contributed by atoms with Crippen LogP contribution < -0.4 is 0 Å². The Morgan fingerprint density at radius 3 is 1.00 bits per heavy atom. The summed E-state index contributed by atoms with van der Waals surface area (Å²) in [6.45, 7) is 2.29. The van der Waals surface area contributed by atoms with Gasteiger partial charge in [0.25, 0.3) is 0 Å². The zero-order chi connectivity index (χ0) is 6.57. The average Bonchev–Trinajstić information content (AvgIpc) is 1.61. The van der Waals surface area contributed by atoms with Crippen molar-refractivity contribution in [2.24, 2.45) is 0 Å². The molecule has 0 spiro atoms. The maximum atomic E-state index is 2.18. The molecule has 0 heterocycles. The van der Waals surface area contributed by atoms with Crippen molar-refractivity contribution in [1.82, 2.24) is 9.80 Å². The molecule has 0 rings (SSSR count). The van der Waals surface area contributed by atoms with Gasteiger partial charge >= 0.3 is 21.1 Å². The Hall–Kier alpha value is 0.528. The molecule has 11 heavy (non-hydrogen) atoms. The third-order valence-corrected chi connectivity index (χ3v) is 0.994. The first-order valence-corrected chi connectivity index (χ1v) is 2.92. The van der Waals surface area contributed by atoms with E-state index in [4.69, 9.17) is 0 Å². The van der Waals surface area contributed by atoms with Crippen molar-refractivity contribution in [1.29, 1.82) is 0 Å². The normalized spacial score (nSPS) is 8.18. The molecule has 0 unspecified atom stereocenters. The Kier molecular flexibility index (Phi) is 26.9. The van der Waals surface area contributed by atoms with E-state index < -0.39 is 0 Å². The molecule has 0 fully saturated rings. The summed E-state index contributed by atoms with van der Waals surface area (Å²) < 4.78 is 0. The second kappa shape index (κ2) is 13.1. The number of hydrogen-bond donors (Lipinski definition) is 0. The third-order valence-electron chi connectivity index (χ3n) is 0.994. The fourth-order valence-corrected chi connectivity index (χ4v) is 0.400. The molecular weight excluding hydrogens is 327 g/mol. The maximum absolute atomic E-state index is 2.18. The topological polar surface area (TPSA) is 69.5 Å². The van der Waals surface area contributed by atoms with Crippen LogP contribution in [0.15, 0.2) is 0 Å². The van der Waals surface area contributed by atoms with Crippen molar-refractivity contribution >= 4 is 0 Å². The summed E-state index contributed by atoms with van der Waals surface area (Å²) in [6.07, 6.45) is 0. The molecule has 0 aliphatic heterocycles. The van der Waals surface area contributed by atoms with Crippen LogP contribution in [-0.2, 0) is 21.1 Å². The molecular formula is C6H20N2O2Pt+2. The minimum Gasteiger partial charge on any atom is -0.412 e. The number of hydrogen-bond acceptors (Lipinski definition) is 2. The van der Waals surface area contributed by atoms with E-state index in [9.17, 15) is 0 Å². The Bertz CT molecular complexity index is 54.5. The summed E-state index contributed by atoms with van der Waals surface area (Å²) >= 11 is 0. The van der Waals surface area contributed by atoms with Crippen LogP contribution >= 0.6 is 0 Å². The van der Waals surface area contributed by atoms with E-state index in [2.05, 4.69) is 38.0 Å². The summed E-state index contributed by atoms with van der Waals surface area (Å²) in [7, 11) is 8.35. The van der Waals surface area contributed by atoms with Crippen molar-refractivity contribution in [2.45, 2.75) is 0 Å². The van der Waals surface area contributed by atoms with Crippen molar-refractivity contribution in [3.8, 4) is 0 Å².